The van der Waals surface area contributed by atoms with Gasteiger partial charge in [-0.15, -0.1) is 11.3 Å². The molecule has 2 heterocycles. The third-order valence-corrected chi connectivity index (χ3v) is 4.55. The second-order valence-corrected chi connectivity index (χ2v) is 5.86. The third-order valence-electron chi connectivity index (χ3n) is 3.61. The van der Waals surface area contributed by atoms with E-state index in [1.165, 1.54) is 11.3 Å². The molecule has 4 nitrogen and oxygen atoms in total. The second kappa shape index (κ2) is 6.19. The first-order chi connectivity index (χ1) is 9.15. The van der Waals surface area contributed by atoms with Gasteiger partial charge in [-0.25, -0.2) is 0 Å². The Hall–Kier alpha value is -1.36. The summed E-state index contributed by atoms with van der Waals surface area (Å²) in [4.78, 5) is 26.3. The summed E-state index contributed by atoms with van der Waals surface area (Å²) in [7, 11) is 0. The van der Waals surface area contributed by atoms with Crippen LogP contribution in [0.5, 0.6) is 0 Å². The van der Waals surface area contributed by atoms with Crippen LogP contribution in [-0.4, -0.2) is 28.4 Å². The fraction of sp³-hybridized carbons (Fsp3) is 0.571. The largest absolute Gasteiger partial charge is 0.481 e. The van der Waals surface area contributed by atoms with E-state index < -0.39 is 11.9 Å². The van der Waals surface area contributed by atoms with Gasteiger partial charge in [-0.2, -0.15) is 0 Å². The molecule has 19 heavy (non-hydrogen) atoms. The molecule has 0 unspecified atom stereocenters. The van der Waals surface area contributed by atoms with Crippen LogP contribution in [0.1, 0.15) is 43.5 Å². The fourth-order valence-corrected chi connectivity index (χ4v) is 3.52. The Labute approximate surface area is 117 Å². The number of carboxylic acids is 1. The number of thiophene rings is 1. The maximum atomic E-state index is 12.1. The minimum absolute atomic E-state index is 0.0874. The average Bonchev–Trinajstić information content (AvgIpc) is 2.90. The standard InChI is InChI=1S/C14H19NO3S/c1-2-3-8-15-12(16)7-6-10(14(17)18)13(15)11-5-4-9-19-11/h4-5,9-10,13H,2-3,6-8H2,1H3,(H,17,18)/t10-,13+/m1/s1. The molecule has 0 aliphatic carbocycles. The maximum absolute atomic E-state index is 12.1. The summed E-state index contributed by atoms with van der Waals surface area (Å²) >= 11 is 1.53. The molecule has 1 aliphatic heterocycles. The normalized spacial score (nSPS) is 23.6. The minimum Gasteiger partial charge on any atom is -0.481 e. The van der Waals surface area contributed by atoms with Crippen LogP contribution in [0, 0.1) is 5.92 Å². The molecule has 104 valence electrons. The van der Waals surface area contributed by atoms with Gasteiger partial charge in [0, 0.05) is 17.8 Å². The lowest BCUT2D eigenvalue weighted by Crippen LogP contribution is -2.45. The molecule has 0 aromatic carbocycles. The molecule has 5 heteroatoms. The number of carbonyl (C=O) groups excluding carboxylic acids is 1. The number of nitrogens with zero attached hydrogens (tertiary/aromatic N) is 1. The summed E-state index contributed by atoms with van der Waals surface area (Å²) in [6.45, 7) is 2.73. The van der Waals surface area contributed by atoms with Crippen molar-refractivity contribution in [1.82, 2.24) is 4.90 Å². The average molecular weight is 281 g/mol. The summed E-state index contributed by atoms with van der Waals surface area (Å²) in [5.41, 5.74) is 0. The lowest BCUT2D eigenvalue weighted by Gasteiger charge is -2.39. The molecule has 1 amide bonds. The van der Waals surface area contributed by atoms with Crippen LogP contribution in [0.2, 0.25) is 0 Å². The first-order valence-electron chi connectivity index (χ1n) is 6.70. The zero-order valence-corrected chi connectivity index (χ0v) is 11.9. The van der Waals surface area contributed by atoms with Crippen LogP contribution < -0.4 is 0 Å². The van der Waals surface area contributed by atoms with Crippen LogP contribution in [0.4, 0.5) is 0 Å². The molecule has 2 rings (SSSR count). The number of piperidine rings is 1. The van der Waals surface area contributed by atoms with E-state index in [-0.39, 0.29) is 11.9 Å². The molecule has 1 N–H and O–H groups in total. The predicted molar refractivity (Wildman–Crippen MR) is 74.0 cm³/mol. The first kappa shape index (κ1) is 14.1. The lowest BCUT2D eigenvalue weighted by molar-refractivity contribution is -0.152. The van der Waals surface area contributed by atoms with E-state index in [4.69, 9.17) is 0 Å². The van der Waals surface area contributed by atoms with Gasteiger partial charge in [-0.1, -0.05) is 19.4 Å². The van der Waals surface area contributed by atoms with E-state index in [2.05, 4.69) is 6.92 Å². The highest BCUT2D eigenvalue weighted by atomic mass is 32.1. The van der Waals surface area contributed by atoms with Gasteiger partial charge in [0.15, 0.2) is 0 Å². The Bertz CT molecular complexity index is 444. The molecule has 0 spiro atoms. The highest BCUT2D eigenvalue weighted by Gasteiger charge is 2.40. The van der Waals surface area contributed by atoms with Gasteiger partial charge in [0.05, 0.1) is 12.0 Å². The Balaban J connectivity index is 2.29. The summed E-state index contributed by atoms with van der Waals surface area (Å²) in [6, 6.07) is 3.56. The number of likely N-dealkylation sites (tertiary alicyclic amines) is 1. The van der Waals surface area contributed by atoms with Gasteiger partial charge in [0.25, 0.3) is 0 Å². The summed E-state index contributed by atoms with van der Waals surface area (Å²) in [5, 5.41) is 11.3. The lowest BCUT2D eigenvalue weighted by atomic mass is 9.87. The Kier molecular flexibility index (Phi) is 4.58. The van der Waals surface area contributed by atoms with Crippen molar-refractivity contribution in [2.45, 2.75) is 38.6 Å². The highest BCUT2D eigenvalue weighted by Crippen LogP contribution is 2.38. The van der Waals surface area contributed by atoms with Gasteiger partial charge in [0.1, 0.15) is 0 Å². The van der Waals surface area contributed by atoms with Crippen molar-refractivity contribution < 1.29 is 14.7 Å². The number of hydrogen-bond acceptors (Lipinski definition) is 3. The quantitative estimate of drug-likeness (QED) is 0.902. The molecule has 0 radical (unpaired) electrons. The minimum atomic E-state index is -0.799. The topological polar surface area (TPSA) is 57.6 Å². The van der Waals surface area contributed by atoms with E-state index in [0.717, 1.165) is 17.7 Å². The predicted octanol–water partition coefficient (Wildman–Crippen LogP) is 2.91. The number of unbranched alkanes of at least 4 members (excludes halogenated alkanes) is 1. The number of aliphatic carboxylic acids is 1. The molecular weight excluding hydrogens is 262 g/mol. The van der Waals surface area contributed by atoms with E-state index in [9.17, 15) is 14.7 Å². The Morgan fingerprint density at radius 2 is 2.37 bits per heavy atom. The number of rotatable bonds is 5. The zero-order valence-electron chi connectivity index (χ0n) is 11.0. The number of hydrogen-bond donors (Lipinski definition) is 1. The van der Waals surface area contributed by atoms with Crippen molar-refractivity contribution in [2.75, 3.05) is 6.54 Å². The zero-order chi connectivity index (χ0) is 13.8. The van der Waals surface area contributed by atoms with Crippen LogP contribution in [0.25, 0.3) is 0 Å². The molecule has 1 fully saturated rings. The Morgan fingerprint density at radius 3 is 2.95 bits per heavy atom. The molecule has 0 bridgehead atoms. The Morgan fingerprint density at radius 1 is 1.58 bits per heavy atom. The SMILES string of the molecule is CCCCN1C(=O)CC[C@@H](C(=O)O)[C@H]1c1cccs1. The first-order valence-corrected chi connectivity index (χ1v) is 7.58. The van der Waals surface area contributed by atoms with Gasteiger partial charge in [0.2, 0.25) is 5.91 Å². The smallest absolute Gasteiger partial charge is 0.308 e. The van der Waals surface area contributed by atoms with E-state index >= 15 is 0 Å². The van der Waals surface area contributed by atoms with E-state index in [1.807, 2.05) is 17.5 Å². The van der Waals surface area contributed by atoms with Crippen molar-refractivity contribution >= 4 is 23.2 Å². The number of carbonyl (C=O) groups is 2. The fourth-order valence-electron chi connectivity index (χ4n) is 2.62. The summed E-state index contributed by atoms with van der Waals surface area (Å²) < 4.78 is 0. The van der Waals surface area contributed by atoms with Crippen LogP contribution in [0.15, 0.2) is 17.5 Å². The number of carboxylic acid groups (broad SMARTS) is 1. The summed E-state index contributed by atoms with van der Waals surface area (Å²) in [5.74, 6) is -1.19. The molecule has 1 saturated heterocycles. The van der Waals surface area contributed by atoms with E-state index in [0.29, 0.717) is 19.4 Å². The summed E-state index contributed by atoms with van der Waals surface area (Å²) in [6.07, 6.45) is 2.71. The molecule has 1 aliphatic rings. The van der Waals surface area contributed by atoms with Crippen LogP contribution in [0.3, 0.4) is 0 Å². The third kappa shape index (κ3) is 2.97. The van der Waals surface area contributed by atoms with E-state index in [1.54, 1.807) is 4.90 Å². The van der Waals surface area contributed by atoms with Gasteiger partial charge >= 0.3 is 5.97 Å². The molecule has 1 aromatic heterocycles. The molecule has 1 aromatic rings. The molecule has 2 atom stereocenters. The maximum Gasteiger partial charge on any atom is 0.308 e. The van der Waals surface area contributed by atoms with Crippen molar-refractivity contribution in [3.8, 4) is 0 Å². The van der Waals surface area contributed by atoms with Crippen LogP contribution >= 0.6 is 11.3 Å². The van der Waals surface area contributed by atoms with Crippen molar-refractivity contribution in [3.05, 3.63) is 22.4 Å². The monoisotopic (exact) mass is 281 g/mol. The number of amides is 1. The molecular formula is C14H19NO3S. The highest BCUT2D eigenvalue weighted by molar-refractivity contribution is 7.10. The van der Waals surface area contributed by atoms with Gasteiger partial charge < -0.3 is 10.0 Å². The van der Waals surface area contributed by atoms with Gasteiger partial charge in [-0.3, -0.25) is 9.59 Å². The second-order valence-electron chi connectivity index (χ2n) is 4.88. The molecule has 0 saturated carbocycles. The van der Waals surface area contributed by atoms with Crippen molar-refractivity contribution in [3.63, 3.8) is 0 Å². The van der Waals surface area contributed by atoms with Crippen LogP contribution in [-0.2, 0) is 9.59 Å². The van der Waals surface area contributed by atoms with Crippen molar-refractivity contribution in [2.24, 2.45) is 5.92 Å². The van der Waals surface area contributed by atoms with Crippen molar-refractivity contribution in [1.29, 1.82) is 0 Å². The van der Waals surface area contributed by atoms with Gasteiger partial charge in [-0.05, 0) is 24.3 Å².